The number of nitrogens with zero attached hydrogens (tertiary/aromatic N) is 2. The highest BCUT2D eigenvalue weighted by Gasteiger charge is 2.16. The van der Waals surface area contributed by atoms with E-state index in [1.807, 2.05) is 19.0 Å². The lowest BCUT2D eigenvalue weighted by molar-refractivity contribution is -0.186. The number of anilines is 1. The van der Waals surface area contributed by atoms with E-state index in [2.05, 4.69) is 10.5 Å². The van der Waals surface area contributed by atoms with E-state index >= 15 is 0 Å². The molecule has 19 heavy (non-hydrogen) atoms. The highest BCUT2D eigenvalue weighted by molar-refractivity contribution is 5.94. The van der Waals surface area contributed by atoms with Crippen LogP contribution in [0.15, 0.2) is 18.3 Å². The molecule has 6 heteroatoms. The molecule has 0 aromatic carbocycles. The summed E-state index contributed by atoms with van der Waals surface area (Å²) in [5.41, 5.74) is 2.93. The normalized spacial score (nSPS) is 18.9. The zero-order valence-electron chi connectivity index (χ0n) is 11.3. The van der Waals surface area contributed by atoms with E-state index in [1.165, 1.54) is 0 Å². The van der Waals surface area contributed by atoms with Gasteiger partial charge in [-0.3, -0.25) is 4.79 Å². The summed E-state index contributed by atoms with van der Waals surface area (Å²) >= 11 is 0. The van der Waals surface area contributed by atoms with Crippen LogP contribution in [0.3, 0.4) is 0 Å². The molecule has 1 amide bonds. The Morgan fingerprint density at radius 3 is 3.05 bits per heavy atom. The number of pyridine rings is 1. The fourth-order valence-electron chi connectivity index (χ4n) is 1.79. The SMILES string of the molecule is CN(C)c1cc(C(=O)NO[C@H]2CCCCO2)ccn1. The van der Waals surface area contributed by atoms with Gasteiger partial charge >= 0.3 is 0 Å². The van der Waals surface area contributed by atoms with E-state index in [0.29, 0.717) is 12.2 Å². The second-order valence-electron chi connectivity index (χ2n) is 4.64. The number of rotatable bonds is 4. The summed E-state index contributed by atoms with van der Waals surface area (Å²) in [7, 11) is 3.74. The van der Waals surface area contributed by atoms with Crippen LogP contribution in [0.2, 0.25) is 0 Å². The van der Waals surface area contributed by atoms with Crippen LogP contribution in [0.5, 0.6) is 0 Å². The Hall–Kier alpha value is -1.66. The maximum atomic E-state index is 11.9. The van der Waals surface area contributed by atoms with Gasteiger partial charge in [0.05, 0.1) is 0 Å². The number of amides is 1. The maximum absolute atomic E-state index is 11.9. The molecular formula is C13H19N3O3. The molecule has 0 saturated carbocycles. The maximum Gasteiger partial charge on any atom is 0.275 e. The zero-order valence-corrected chi connectivity index (χ0v) is 11.3. The summed E-state index contributed by atoms with van der Waals surface area (Å²) in [6.07, 6.45) is 4.17. The van der Waals surface area contributed by atoms with Crippen LogP contribution in [0.4, 0.5) is 5.82 Å². The van der Waals surface area contributed by atoms with Crippen molar-refractivity contribution in [2.45, 2.75) is 25.6 Å². The first-order chi connectivity index (χ1) is 9.16. The van der Waals surface area contributed by atoms with Crippen LogP contribution in [-0.2, 0) is 9.57 Å². The molecule has 2 rings (SSSR count). The lowest BCUT2D eigenvalue weighted by atomic mass is 10.2. The van der Waals surface area contributed by atoms with Crippen molar-refractivity contribution >= 4 is 11.7 Å². The summed E-state index contributed by atoms with van der Waals surface area (Å²) in [5.74, 6) is 0.432. The molecule has 2 heterocycles. The molecule has 0 unspecified atom stereocenters. The third kappa shape index (κ3) is 3.90. The Kier molecular flexibility index (Phi) is 4.70. The predicted molar refractivity (Wildman–Crippen MR) is 70.7 cm³/mol. The molecular weight excluding hydrogens is 246 g/mol. The molecule has 1 aromatic heterocycles. The quantitative estimate of drug-likeness (QED) is 0.832. The van der Waals surface area contributed by atoms with Crippen molar-refractivity contribution in [1.82, 2.24) is 10.5 Å². The molecule has 0 spiro atoms. The summed E-state index contributed by atoms with van der Waals surface area (Å²) in [6.45, 7) is 0.681. The minimum atomic E-state index is -0.340. The van der Waals surface area contributed by atoms with E-state index in [0.717, 1.165) is 25.1 Å². The van der Waals surface area contributed by atoms with E-state index in [9.17, 15) is 4.79 Å². The van der Waals surface area contributed by atoms with Crippen LogP contribution in [-0.4, -0.2) is 37.9 Å². The molecule has 1 aliphatic rings. The van der Waals surface area contributed by atoms with Gasteiger partial charge in [-0.15, -0.1) is 0 Å². The average molecular weight is 265 g/mol. The topological polar surface area (TPSA) is 63.7 Å². The molecule has 0 radical (unpaired) electrons. The Bertz CT molecular complexity index is 431. The van der Waals surface area contributed by atoms with Gasteiger partial charge in [-0.1, -0.05) is 0 Å². The number of hydroxylamine groups is 1. The highest BCUT2D eigenvalue weighted by Crippen LogP contribution is 2.13. The van der Waals surface area contributed by atoms with Crippen molar-refractivity contribution in [3.05, 3.63) is 23.9 Å². The van der Waals surface area contributed by atoms with Gasteiger partial charge in [0.15, 0.2) is 6.29 Å². The van der Waals surface area contributed by atoms with Gasteiger partial charge in [-0.05, 0) is 25.0 Å². The Labute approximate surface area is 112 Å². The van der Waals surface area contributed by atoms with Gasteiger partial charge in [0.25, 0.3) is 5.91 Å². The second kappa shape index (κ2) is 6.49. The molecule has 104 valence electrons. The summed E-state index contributed by atoms with van der Waals surface area (Å²) in [5, 5.41) is 0. The molecule has 1 N–H and O–H groups in total. The molecule has 1 aliphatic heterocycles. The average Bonchev–Trinajstić information content (AvgIpc) is 2.46. The van der Waals surface area contributed by atoms with E-state index in [1.54, 1.807) is 18.3 Å². The van der Waals surface area contributed by atoms with Crippen molar-refractivity contribution in [3.8, 4) is 0 Å². The first-order valence-electron chi connectivity index (χ1n) is 6.38. The third-order valence-electron chi connectivity index (χ3n) is 2.89. The van der Waals surface area contributed by atoms with E-state index in [4.69, 9.17) is 9.57 Å². The number of nitrogens with one attached hydrogen (secondary N) is 1. The minimum Gasteiger partial charge on any atom is -0.363 e. The van der Waals surface area contributed by atoms with E-state index in [-0.39, 0.29) is 12.2 Å². The van der Waals surface area contributed by atoms with Crippen molar-refractivity contribution in [3.63, 3.8) is 0 Å². The molecule has 0 bridgehead atoms. The Morgan fingerprint density at radius 2 is 2.37 bits per heavy atom. The van der Waals surface area contributed by atoms with Crippen LogP contribution in [0.1, 0.15) is 29.6 Å². The minimum absolute atomic E-state index is 0.292. The first kappa shape index (κ1) is 13.8. The number of carbonyl (C=O) groups is 1. The Morgan fingerprint density at radius 1 is 1.53 bits per heavy atom. The summed E-state index contributed by atoms with van der Waals surface area (Å²) < 4.78 is 5.37. The predicted octanol–water partition coefficient (Wildman–Crippen LogP) is 1.34. The van der Waals surface area contributed by atoms with Crippen molar-refractivity contribution < 1.29 is 14.4 Å². The largest absolute Gasteiger partial charge is 0.363 e. The second-order valence-corrected chi connectivity index (χ2v) is 4.64. The lowest BCUT2D eigenvalue weighted by Gasteiger charge is -2.22. The van der Waals surface area contributed by atoms with E-state index < -0.39 is 0 Å². The third-order valence-corrected chi connectivity index (χ3v) is 2.89. The van der Waals surface area contributed by atoms with Gasteiger partial charge in [0.2, 0.25) is 0 Å². The summed E-state index contributed by atoms with van der Waals surface area (Å²) in [6, 6.07) is 3.36. The van der Waals surface area contributed by atoms with Gasteiger partial charge in [-0.2, -0.15) is 0 Å². The molecule has 0 aliphatic carbocycles. The monoisotopic (exact) mass is 265 g/mol. The van der Waals surface area contributed by atoms with Gasteiger partial charge < -0.3 is 9.64 Å². The van der Waals surface area contributed by atoms with Crippen molar-refractivity contribution in [2.24, 2.45) is 0 Å². The van der Waals surface area contributed by atoms with Crippen LogP contribution in [0, 0.1) is 0 Å². The molecule has 1 saturated heterocycles. The summed E-state index contributed by atoms with van der Waals surface area (Å²) in [4.78, 5) is 23.2. The Balaban J connectivity index is 1.90. The van der Waals surface area contributed by atoms with Gasteiger partial charge in [0, 0.05) is 38.9 Å². The van der Waals surface area contributed by atoms with Crippen LogP contribution in [0.25, 0.3) is 0 Å². The number of hydrogen-bond acceptors (Lipinski definition) is 5. The number of hydrogen-bond donors (Lipinski definition) is 1. The van der Waals surface area contributed by atoms with Crippen molar-refractivity contribution in [1.29, 1.82) is 0 Å². The standard InChI is InChI=1S/C13H19N3O3/c1-16(2)11-9-10(6-7-14-11)13(17)15-19-12-5-3-4-8-18-12/h6-7,9,12H,3-5,8H2,1-2H3,(H,15,17)/t12-/m0/s1. The molecule has 1 atom stereocenters. The van der Waals surface area contributed by atoms with Crippen molar-refractivity contribution in [2.75, 3.05) is 25.6 Å². The molecule has 1 fully saturated rings. The zero-order chi connectivity index (χ0) is 13.7. The number of aromatic nitrogens is 1. The van der Waals surface area contributed by atoms with Crippen LogP contribution < -0.4 is 10.4 Å². The first-order valence-corrected chi connectivity index (χ1v) is 6.38. The fourth-order valence-corrected chi connectivity index (χ4v) is 1.79. The van der Waals surface area contributed by atoms with Gasteiger partial charge in [-0.25, -0.2) is 15.3 Å². The fraction of sp³-hybridized carbons (Fsp3) is 0.538. The molecule has 1 aromatic rings. The van der Waals surface area contributed by atoms with Crippen LogP contribution >= 0.6 is 0 Å². The molecule has 6 nitrogen and oxygen atoms in total. The van der Waals surface area contributed by atoms with Gasteiger partial charge in [0.1, 0.15) is 5.82 Å². The number of carbonyl (C=O) groups excluding carboxylic acids is 1. The smallest absolute Gasteiger partial charge is 0.275 e. The lowest BCUT2D eigenvalue weighted by Crippen LogP contribution is -2.33. The number of ether oxygens (including phenoxy) is 1. The highest BCUT2D eigenvalue weighted by atomic mass is 16.8.